The van der Waals surface area contributed by atoms with Crippen molar-refractivity contribution in [3.63, 3.8) is 0 Å². The molecule has 1 aliphatic heterocycles. The molecule has 1 unspecified atom stereocenters. The molecule has 1 aliphatic carbocycles. The van der Waals surface area contributed by atoms with Gasteiger partial charge in [0.1, 0.15) is 5.82 Å². The summed E-state index contributed by atoms with van der Waals surface area (Å²) in [6.07, 6.45) is 4.43. The van der Waals surface area contributed by atoms with Crippen molar-refractivity contribution in [2.45, 2.75) is 32.2 Å². The highest BCUT2D eigenvalue weighted by Gasteiger charge is 2.32. The molecule has 0 radical (unpaired) electrons. The van der Waals surface area contributed by atoms with Crippen molar-refractivity contribution in [2.24, 2.45) is 5.92 Å². The summed E-state index contributed by atoms with van der Waals surface area (Å²) in [6.45, 7) is 3.56. The second-order valence-electron chi connectivity index (χ2n) is 7.38. The lowest BCUT2D eigenvalue weighted by Gasteiger charge is -2.24. The zero-order valence-corrected chi connectivity index (χ0v) is 15.0. The second-order valence-corrected chi connectivity index (χ2v) is 7.38. The van der Waals surface area contributed by atoms with Gasteiger partial charge in [0.25, 0.3) is 5.56 Å². The van der Waals surface area contributed by atoms with E-state index >= 15 is 0 Å². The Morgan fingerprint density at radius 3 is 2.78 bits per heavy atom. The zero-order chi connectivity index (χ0) is 19.3. The van der Waals surface area contributed by atoms with Crippen molar-refractivity contribution >= 4 is 16.6 Å². The quantitative estimate of drug-likeness (QED) is 0.461. The SMILES string of the molecule is Cc1c(N2CCC(CNC#N)C2)c(F)cc2c(=O)n(N)c(=O)n(C3CC3)c12. The molecular weight excluding hydrogens is 351 g/mol. The first-order valence-corrected chi connectivity index (χ1v) is 9.06. The molecule has 2 heterocycles. The Balaban J connectivity index is 1.88. The zero-order valence-electron chi connectivity index (χ0n) is 15.0. The van der Waals surface area contributed by atoms with Crippen molar-refractivity contribution in [2.75, 3.05) is 30.4 Å². The molecule has 1 aromatic heterocycles. The smallest absolute Gasteiger partial charge is 0.350 e. The van der Waals surface area contributed by atoms with Crippen LogP contribution >= 0.6 is 0 Å². The minimum atomic E-state index is -0.682. The third-order valence-electron chi connectivity index (χ3n) is 5.55. The minimum absolute atomic E-state index is 0.00133. The highest BCUT2D eigenvalue weighted by molar-refractivity contribution is 5.87. The summed E-state index contributed by atoms with van der Waals surface area (Å²) in [5.41, 5.74) is 0.237. The number of anilines is 1. The molecule has 1 atom stereocenters. The number of nitriles is 1. The van der Waals surface area contributed by atoms with Gasteiger partial charge in [-0.05, 0) is 38.2 Å². The number of fused-ring (bicyclic) bond motifs is 1. The number of rotatable bonds is 4. The number of nitrogens with zero attached hydrogens (tertiary/aromatic N) is 4. The average Bonchev–Trinajstić information content (AvgIpc) is 3.37. The van der Waals surface area contributed by atoms with Crippen LogP contribution in [0, 0.1) is 30.1 Å². The van der Waals surface area contributed by atoms with Crippen molar-refractivity contribution in [3.8, 4) is 6.19 Å². The normalized spacial score (nSPS) is 19.4. The first kappa shape index (κ1) is 17.4. The molecule has 27 heavy (non-hydrogen) atoms. The fourth-order valence-corrected chi connectivity index (χ4v) is 4.11. The summed E-state index contributed by atoms with van der Waals surface area (Å²) in [6, 6.07) is 1.20. The molecule has 2 fully saturated rings. The van der Waals surface area contributed by atoms with Gasteiger partial charge in [0, 0.05) is 31.2 Å². The second kappa shape index (κ2) is 6.30. The van der Waals surface area contributed by atoms with Crippen molar-refractivity contribution < 1.29 is 4.39 Å². The number of hydrogen-bond donors (Lipinski definition) is 2. The van der Waals surface area contributed by atoms with Gasteiger partial charge in [0.2, 0.25) is 0 Å². The number of halogens is 1. The molecule has 142 valence electrons. The van der Waals surface area contributed by atoms with Crippen molar-refractivity contribution in [3.05, 3.63) is 38.3 Å². The summed E-state index contributed by atoms with van der Waals surface area (Å²) in [5.74, 6) is 5.39. The fraction of sp³-hybridized carbons (Fsp3) is 0.500. The molecular formula is C18H21FN6O2. The first-order valence-electron chi connectivity index (χ1n) is 9.06. The summed E-state index contributed by atoms with van der Waals surface area (Å²) < 4.78 is 17.1. The van der Waals surface area contributed by atoms with Gasteiger partial charge >= 0.3 is 5.69 Å². The van der Waals surface area contributed by atoms with Crippen LogP contribution in [0.25, 0.3) is 10.9 Å². The predicted octanol–water partition coefficient (Wildman–Crippen LogP) is 0.556. The van der Waals surface area contributed by atoms with Crippen LogP contribution in [0.1, 0.15) is 30.9 Å². The van der Waals surface area contributed by atoms with E-state index in [0.29, 0.717) is 41.1 Å². The van der Waals surface area contributed by atoms with Gasteiger partial charge < -0.3 is 16.1 Å². The Kier molecular flexibility index (Phi) is 4.06. The van der Waals surface area contributed by atoms with Crippen molar-refractivity contribution in [1.29, 1.82) is 5.26 Å². The van der Waals surface area contributed by atoms with Crippen LogP contribution in [-0.4, -0.2) is 28.9 Å². The minimum Gasteiger partial charge on any atom is -0.369 e. The van der Waals surface area contributed by atoms with E-state index in [0.717, 1.165) is 19.3 Å². The third-order valence-corrected chi connectivity index (χ3v) is 5.55. The predicted molar refractivity (Wildman–Crippen MR) is 99.5 cm³/mol. The van der Waals surface area contributed by atoms with E-state index in [9.17, 15) is 14.0 Å². The van der Waals surface area contributed by atoms with E-state index in [1.54, 1.807) is 11.5 Å². The van der Waals surface area contributed by atoms with Gasteiger partial charge in [-0.15, -0.1) is 0 Å². The van der Waals surface area contributed by atoms with Crippen LogP contribution in [0.2, 0.25) is 0 Å². The van der Waals surface area contributed by atoms with E-state index < -0.39 is 17.1 Å². The van der Waals surface area contributed by atoms with E-state index in [1.165, 1.54) is 6.07 Å². The lowest BCUT2D eigenvalue weighted by Crippen LogP contribution is -2.44. The molecule has 0 bridgehead atoms. The summed E-state index contributed by atoms with van der Waals surface area (Å²) in [5, 5.41) is 11.5. The molecule has 1 saturated carbocycles. The Morgan fingerprint density at radius 2 is 2.11 bits per heavy atom. The maximum atomic E-state index is 15.0. The molecule has 1 aromatic carbocycles. The van der Waals surface area contributed by atoms with Gasteiger partial charge in [0.15, 0.2) is 6.19 Å². The number of benzene rings is 1. The molecule has 0 spiro atoms. The highest BCUT2D eigenvalue weighted by Crippen LogP contribution is 2.39. The van der Waals surface area contributed by atoms with Crippen LogP contribution in [0.5, 0.6) is 0 Å². The Labute approximate surface area is 154 Å². The van der Waals surface area contributed by atoms with Gasteiger partial charge in [-0.1, -0.05) is 0 Å². The van der Waals surface area contributed by atoms with Gasteiger partial charge in [-0.3, -0.25) is 9.36 Å². The average molecular weight is 372 g/mol. The maximum absolute atomic E-state index is 15.0. The van der Waals surface area contributed by atoms with Gasteiger partial charge in [-0.25, -0.2) is 9.18 Å². The Morgan fingerprint density at radius 1 is 1.37 bits per heavy atom. The molecule has 9 heteroatoms. The van der Waals surface area contributed by atoms with Crippen molar-refractivity contribution in [1.82, 2.24) is 14.6 Å². The highest BCUT2D eigenvalue weighted by atomic mass is 19.1. The van der Waals surface area contributed by atoms with E-state index in [2.05, 4.69) is 5.32 Å². The number of nitrogens with one attached hydrogen (secondary N) is 1. The lowest BCUT2D eigenvalue weighted by molar-refractivity contribution is 0.563. The first-order chi connectivity index (χ1) is 12.9. The van der Waals surface area contributed by atoms with Gasteiger partial charge in [0.05, 0.1) is 16.6 Å². The van der Waals surface area contributed by atoms with Gasteiger partial charge in [-0.2, -0.15) is 9.94 Å². The number of aryl methyl sites for hydroxylation is 1. The molecule has 0 amide bonds. The molecule has 3 N–H and O–H groups in total. The van der Waals surface area contributed by atoms with Crippen LogP contribution < -0.4 is 27.3 Å². The number of aromatic nitrogens is 2. The largest absolute Gasteiger partial charge is 0.369 e. The topological polar surface area (TPSA) is 109 Å². The van der Waals surface area contributed by atoms with Crippen LogP contribution in [-0.2, 0) is 0 Å². The number of nitrogens with two attached hydrogens (primary N) is 1. The molecule has 2 aromatic rings. The molecule has 1 saturated heterocycles. The van der Waals surface area contributed by atoms with E-state index in [-0.39, 0.29) is 17.3 Å². The van der Waals surface area contributed by atoms with Crippen LogP contribution in [0.4, 0.5) is 10.1 Å². The summed E-state index contributed by atoms with van der Waals surface area (Å²) in [7, 11) is 0. The third kappa shape index (κ3) is 2.72. The monoisotopic (exact) mass is 372 g/mol. The summed E-state index contributed by atoms with van der Waals surface area (Å²) in [4.78, 5) is 27.0. The fourth-order valence-electron chi connectivity index (χ4n) is 4.11. The van der Waals surface area contributed by atoms with E-state index in [1.807, 2.05) is 11.1 Å². The Bertz CT molecular complexity index is 1080. The molecule has 2 aliphatic rings. The maximum Gasteiger partial charge on any atom is 0.350 e. The van der Waals surface area contributed by atoms with E-state index in [4.69, 9.17) is 11.1 Å². The van der Waals surface area contributed by atoms with Crippen LogP contribution in [0.15, 0.2) is 15.7 Å². The summed E-state index contributed by atoms with van der Waals surface area (Å²) >= 11 is 0. The molecule has 8 nitrogen and oxygen atoms in total. The number of nitrogen functional groups attached to an aromatic ring is 1. The standard InChI is InChI=1S/C18H21FN6O2/c1-10-15-13(17(26)25(21)18(27)24(15)12-2-3-12)6-14(19)16(10)23-5-4-11(8-23)7-22-9-20/h6,11-12,22H,2-5,7-8,21H2,1H3. The molecule has 4 rings (SSSR count). The lowest BCUT2D eigenvalue weighted by atomic mass is 10.1. The number of hydrogen-bond acceptors (Lipinski definition) is 6. The Hall–Kier alpha value is -3.02. The van der Waals surface area contributed by atoms with Crippen LogP contribution in [0.3, 0.4) is 0 Å².